The van der Waals surface area contributed by atoms with E-state index < -0.39 is 0 Å². The molecule has 2 aromatic rings. The van der Waals surface area contributed by atoms with E-state index in [-0.39, 0.29) is 0 Å². The molecule has 2 nitrogen and oxygen atoms in total. The minimum atomic E-state index is 0.913. The molecular formula is C14H13IN2. The van der Waals surface area contributed by atoms with Crippen molar-refractivity contribution in [2.75, 3.05) is 10.6 Å². The smallest absolute Gasteiger partial charge is 0.0457 e. The van der Waals surface area contributed by atoms with Crippen LogP contribution in [0.5, 0.6) is 0 Å². The van der Waals surface area contributed by atoms with Gasteiger partial charge in [0.2, 0.25) is 0 Å². The van der Waals surface area contributed by atoms with Gasteiger partial charge in [-0.2, -0.15) is 0 Å². The zero-order valence-electron chi connectivity index (χ0n) is 9.36. The molecule has 1 heterocycles. The van der Waals surface area contributed by atoms with Crippen molar-refractivity contribution in [2.45, 2.75) is 13.1 Å². The lowest BCUT2D eigenvalue weighted by atomic mass is 10.1. The standard InChI is InChI=1S/C14H13IN2/c15-11-4-2-5-12(7-11)17-8-10-3-1-6-14(16)13(10)9-17/h1-7H,8-9,16H2. The topological polar surface area (TPSA) is 29.3 Å². The Hall–Kier alpha value is -1.23. The predicted molar refractivity (Wildman–Crippen MR) is 79.9 cm³/mol. The van der Waals surface area contributed by atoms with Crippen LogP contribution in [0.1, 0.15) is 11.1 Å². The van der Waals surface area contributed by atoms with Gasteiger partial charge in [-0.05, 0) is 58.0 Å². The van der Waals surface area contributed by atoms with E-state index in [1.165, 1.54) is 20.4 Å². The quantitative estimate of drug-likeness (QED) is 0.639. The number of fused-ring (bicyclic) bond motifs is 1. The molecule has 0 fully saturated rings. The Labute approximate surface area is 115 Å². The normalized spacial score (nSPS) is 13.8. The molecule has 1 aliphatic heterocycles. The van der Waals surface area contributed by atoms with E-state index in [4.69, 9.17) is 5.73 Å². The van der Waals surface area contributed by atoms with Gasteiger partial charge in [-0.3, -0.25) is 0 Å². The van der Waals surface area contributed by atoms with E-state index in [9.17, 15) is 0 Å². The van der Waals surface area contributed by atoms with Gasteiger partial charge in [0.05, 0.1) is 0 Å². The van der Waals surface area contributed by atoms with Gasteiger partial charge in [-0.1, -0.05) is 18.2 Å². The van der Waals surface area contributed by atoms with Crippen LogP contribution in [-0.2, 0) is 13.1 Å². The second kappa shape index (κ2) is 4.22. The number of anilines is 2. The zero-order valence-corrected chi connectivity index (χ0v) is 11.5. The Morgan fingerprint density at radius 3 is 2.65 bits per heavy atom. The lowest BCUT2D eigenvalue weighted by Gasteiger charge is -2.17. The fraction of sp³-hybridized carbons (Fsp3) is 0.143. The third-order valence-electron chi connectivity index (χ3n) is 3.19. The third-order valence-corrected chi connectivity index (χ3v) is 3.86. The summed E-state index contributed by atoms with van der Waals surface area (Å²) >= 11 is 2.35. The Morgan fingerprint density at radius 1 is 1.06 bits per heavy atom. The molecular weight excluding hydrogens is 323 g/mol. The maximum atomic E-state index is 6.01. The summed E-state index contributed by atoms with van der Waals surface area (Å²) in [6.07, 6.45) is 0. The number of hydrogen-bond donors (Lipinski definition) is 1. The summed E-state index contributed by atoms with van der Waals surface area (Å²) in [6, 6.07) is 14.8. The number of benzene rings is 2. The SMILES string of the molecule is Nc1cccc2c1CN(c1cccc(I)c1)C2. The van der Waals surface area contributed by atoms with E-state index >= 15 is 0 Å². The zero-order chi connectivity index (χ0) is 11.8. The molecule has 0 atom stereocenters. The lowest BCUT2D eigenvalue weighted by molar-refractivity contribution is 0.880. The summed E-state index contributed by atoms with van der Waals surface area (Å²) in [5, 5.41) is 0. The summed E-state index contributed by atoms with van der Waals surface area (Å²) in [5.41, 5.74) is 10.8. The Bertz CT molecular complexity index is 566. The molecule has 0 radical (unpaired) electrons. The fourth-order valence-electron chi connectivity index (χ4n) is 2.30. The monoisotopic (exact) mass is 336 g/mol. The molecule has 3 heteroatoms. The lowest BCUT2D eigenvalue weighted by Crippen LogP contribution is -2.14. The highest BCUT2D eigenvalue weighted by atomic mass is 127. The van der Waals surface area contributed by atoms with Gasteiger partial charge in [0.15, 0.2) is 0 Å². The van der Waals surface area contributed by atoms with Crippen LogP contribution in [0, 0.1) is 3.57 Å². The molecule has 0 bridgehead atoms. The molecule has 0 aromatic heterocycles. The van der Waals surface area contributed by atoms with Crippen LogP contribution in [0.15, 0.2) is 42.5 Å². The number of nitrogen functional groups attached to an aromatic ring is 1. The average molecular weight is 336 g/mol. The van der Waals surface area contributed by atoms with Crippen LogP contribution in [0.4, 0.5) is 11.4 Å². The van der Waals surface area contributed by atoms with Crippen LogP contribution in [-0.4, -0.2) is 0 Å². The maximum Gasteiger partial charge on any atom is 0.0457 e. The summed E-state index contributed by atoms with van der Waals surface area (Å²) in [6.45, 7) is 1.88. The van der Waals surface area contributed by atoms with Gasteiger partial charge in [0.1, 0.15) is 0 Å². The van der Waals surface area contributed by atoms with Crippen molar-refractivity contribution >= 4 is 34.0 Å². The van der Waals surface area contributed by atoms with Gasteiger partial charge >= 0.3 is 0 Å². The van der Waals surface area contributed by atoms with Gasteiger partial charge < -0.3 is 10.6 Å². The molecule has 1 aliphatic rings. The second-order valence-corrected chi connectivity index (χ2v) is 5.57. The van der Waals surface area contributed by atoms with Crippen molar-refractivity contribution in [2.24, 2.45) is 0 Å². The van der Waals surface area contributed by atoms with Crippen LogP contribution in [0.2, 0.25) is 0 Å². The number of rotatable bonds is 1. The molecule has 0 unspecified atom stereocenters. The molecule has 2 N–H and O–H groups in total. The molecule has 0 saturated heterocycles. The van der Waals surface area contributed by atoms with Crippen molar-refractivity contribution in [3.8, 4) is 0 Å². The number of halogens is 1. The van der Waals surface area contributed by atoms with Crippen molar-refractivity contribution in [3.05, 3.63) is 57.2 Å². The fourth-order valence-corrected chi connectivity index (χ4v) is 2.83. The third kappa shape index (κ3) is 1.99. The predicted octanol–water partition coefficient (Wildman–Crippen LogP) is 3.39. The molecule has 17 heavy (non-hydrogen) atoms. The van der Waals surface area contributed by atoms with Crippen molar-refractivity contribution in [1.29, 1.82) is 0 Å². The minimum absolute atomic E-state index is 0.913. The minimum Gasteiger partial charge on any atom is -0.398 e. The Balaban J connectivity index is 1.94. The van der Waals surface area contributed by atoms with E-state index in [0.29, 0.717) is 0 Å². The molecule has 3 rings (SSSR count). The molecule has 2 aromatic carbocycles. The summed E-state index contributed by atoms with van der Waals surface area (Å²) in [7, 11) is 0. The Kier molecular flexibility index (Phi) is 2.70. The summed E-state index contributed by atoms with van der Waals surface area (Å²) < 4.78 is 1.27. The van der Waals surface area contributed by atoms with Crippen molar-refractivity contribution in [3.63, 3.8) is 0 Å². The average Bonchev–Trinajstić information content (AvgIpc) is 2.74. The molecule has 0 saturated carbocycles. The van der Waals surface area contributed by atoms with E-state index in [2.05, 4.69) is 57.8 Å². The maximum absolute atomic E-state index is 6.01. The highest BCUT2D eigenvalue weighted by molar-refractivity contribution is 14.1. The van der Waals surface area contributed by atoms with E-state index in [0.717, 1.165) is 18.8 Å². The molecule has 0 amide bonds. The highest BCUT2D eigenvalue weighted by Gasteiger charge is 2.20. The van der Waals surface area contributed by atoms with Crippen LogP contribution in [0.3, 0.4) is 0 Å². The number of nitrogens with zero attached hydrogens (tertiary/aromatic N) is 1. The van der Waals surface area contributed by atoms with Crippen LogP contribution < -0.4 is 10.6 Å². The Morgan fingerprint density at radius 2 is 1.88 bits per heavy atom. The van der Waals surface area contributed by atoms with Crippen molar-refractivity contribution < 1.29 is 0 Å². The van der Waals surface area contributed by atoms with Crippen LogP contribution in [0.25, 0.3) is 0 Å². The summed E-state index contributed by atoms with van der Waals surface area (Å²) in [5.74, 6) is 0. The van der Waals surface area contributed by atoms with Gasteiger partial charge in [-0.15, -0.1) is 0 Å². The van der Waals surface area contributed by atoms with Crippen molar-refractivity contribution in [1.82, 2.24) is 0 Å². The largest absolute Gasteiger partial charge is 0.398 e. The molecule has 86 valence electrons. The highest BCUT2D eigenvalue weighted by Crippen LogP contribution is 2.31. The van der Waals surface area contributed by atoms with Gasteiger partial charge in [0.25, 0.3) is 0 Å². The first-order valence-corrected chi connectivity index (χ1v) is 6.68. The first kappa shape index (κ1) is 10.9. The van der Waals surface area contributed by atoms with E-state index in [1.807, 2.05) is 12.1 Å². The first-order valence-electron chi connectivity index (χ1n) is 5.61. The second-order valence-electron chi connectivity index (χ2n) is 4.32. The number of nitrogens with two attached hydrogens (primary N) is 1. The van der Waals surface area contributed by atoms with Crippen LogP contribution >= 0.6 is 22.6 Å². The van der Waals surface area contributed by atoms with E-state index in [1.54, 1.807) is 0 Å². The molecule has 0 spiro atoms. The first-order chi connectivity index (χ1) is 8.24. The summed E-state index contributed by atoms with van der Waals surface area (Å²) in [4.78, 5) is 2.36. The van der Waals surface area contributed by atoms with Gasteiger partial charge in [-0.25, -0.2) is 0 Å². The van der Waals surface area contributed by atoms with Gasteiger partial charge in [0, 0.05) is 28.0 Å². The molecule has 0 aliphatic carbocycles. The number of hydrogen-bond acceptors (Lipinski definition) is 2.